The summed E-state index contributed by atoms with van der Waals surface area (Å²) in [4.78, 5) is 14.1. The number of hydrogen-bond acceptors (Lipinski definition) is 3. The van der Waals surface area contributed by atoms with E-state index in [1.54, 1.807) is 0 Å². The molecule has 18 heavy (non-hydrogen) atoms. The van der Waals surface area contributed by atoms with Crippen molar-refractivity contribution in [3.63, 3.8) is 0 Å². The lowest BCUT2D eigenvalue weighted by molar-refractivity contribution is -0.132. The minimum Gasteiger partial charge on any atom is -0.411 e. The van der Waals surface area contributed by atoms with Gasteiger partial charge in [0.1, 0.15) is 0 Å². The van der Waals surface area contributed by atoms with Crippen LogP contribution in [0.25, 0.3) is 0 Å². The van der Waals surface area contributed by atoms with Crippen LogP contribution in [0.1, 0.15) is 51.9 Å². The van der Waals surface area contributed by atoms with Crippen LogP contribution in [-0.2, 0) is 4.79 Å². The molecule has 1 aliphatic carbocycles. The van der Waals surface area contributed by atoms with E-state index in [1.165, 1.54) is 25.7 Å². The van der Waals surface area contributed by atoms with Crippen molar-refractivity contribution in [1.29, 1.82) is 0 Å². The molecular formula is C14H24N2O2. The second-order valence-corrected chi connectivity index (χ2v) is 5.77. The van der Waals surface area contributed by atoms with Crippen LogP contribution in [-0.4, -0.2) is 34.8 Å². The first kappa shape index (κ1) is 13.4. The van der Waals surface area contributed by atoms with E-state index in [9.17, 15) is 4.79 Å². The molecule has 1 atom stereocenters. The van der Waals surface area contributed by atoms with Crippen LogP contribution in [0.2, 0.25) is 0 Å². The Morgan fingerprint density at radius 1 is 1.44 bits per heavy atom. The fraction of sp³-hybridized carbons (Fsp3) is 0.857. The number of amides is 1. The highest BCUT2D eigenvalue weighted by Gasteiger charge is 2.26. The lowest BCUT2D eigenvalue weighted by Crippen LogP contribution is -2.43. The van der Waals surface area contributed by atoms with Gasteiger partial charge in [0, 0.05) is 31.8 Å². The Labute approximate surface area is 109 Å². The van der Waals surface area contributed by atoms with Crippen LogP contribution >= 0.6 is 0 Å². The Bertz CT molecular complexity index is 322. The van der Waals surface area contributed by atoms with Gasteiger partial charge in [-0.1, -0.05) is 37.8 Å². The quantitative estimate of drug-likeness (QED) is 0.620. The average molecular weight is 252 g/mol. The molecule has 0 aromatic rings. The maximum absolute atomic E-state index is 12.1. The van der Waals surface area contributed by atoms with Gasteiger partial charge in [0.15, 0.2) is 0 Å². The summed E-state index contributed by atoms with van der Waals surface area (Å²) in [6.45, 7) is 3.45. The molecule has 0 radical (unpaired) electrons. The molecule has 2 rings (SSSR count). The van der Waals surface area contributed by atoms with Crippen molar-refractivity contribution >= 4 is 11.6 Å². The number of oxime groups is 1. The fourth-order valence-corrected chi connectivity index (χ4v) is 3.18. The number of hydrogen-bond donors (Lipinski definition) is 1. The van der Waals surface area contributed by atoms with Crippen LogP contribution < -0.4 is 0 Å². The number of carbonyl (C=O) groups excluding carboxylic acids is 1. The third-order valence-electron chi connectivity index (χ3n) is 4.42. The summed E-state index contributed by atoms with van der Waals surface area (Å²) in [6.07, 6.45) is 7.78. The molecule has 4 nitrogen and oxygen atoms in total. The van der Waals surface area contributed by atoms with Crippen molar-refractivity contribution in [3.05, 3.63) is 0 Å². The summed E-state index contributed by atoms with van der Waals surface area (Å²) in [5.41, 5.74) is 0.829. The SMILES string of the molecule is CC1CN(C(=O)CCC2CCCC2)CCC1=NO. The highest BCUT2D eigenvalue weighted by atomic mass is 16.4. The van der Waals surface area contributed by atoms with Crippen LogP contribution in [0.3, 0.4) is 0 Å². The van der Waals surface area contributed by atoms with Gasteiger partial charge in [0.05, 0.1) is 5.71 Å². The molecule has 4 heteroatoms. The van der Waals surface area contributed by atoms with E-state index >= 15 is 0 Å². The van der Waals surface area contributed by atoms with Crippen LogP contribution in [0.5, 0.6) is 0 Å². The minimum atomic E-state index is 0.194. The van der Waals surface area contributed by atoms with Crippen LogP contribution in [0.15, 0.2) is 5.16 Å². The van der Waals surface area contributed by atoms with Gasteiger partial charge >= 0.3 is 0 Å². The zero-order valence-corrected chi connectivity index (χ0v) is 11.3. The topological polar surface area (TPSA) is 52.9 Å². The molecule has 1 N–H and O–H groups in total. The van der Waals surface area contributed by atoms with E-state index in [2.05, 4.69) is 5.16 Å². The standard InChI is InChI=1S/C14H24N2O2/c1-11-10-16(9-8-13(11)15-18)14(17)7-6-12-4-2-3-5-12/h11-12,18H,2-10H2,1H3. The molecule has 2 aliphatic rings. The summed E-state index contributed by atoms with van der Waals surface area (Å²) in [7, 11) is 0. The smallest absolute Gasteiger partial charge is 0.222 e. The van der Waals surface area contributed by atoms with E-state index in [-0.39, 0.29) is 11.8 Å². The summed E-state index contributed by atoms with van der Waals surface area (Å²) in [5, 5.41) is 12.1. The molecule has 0 spiro atoms. The molecule has 1 saturated heterocycles. The van der Waals surface area contributed by atoms with Crippen molar-refractivity contribution in [2.75, 3.05) is 13.1 Å². The Balaban J connectivity index is 1.75. The van der Waals surface area contributed by atoms with Gasteiger partial charge in [0.25, 0.3) is 0 Å². The van der Waals surface area contributed by atoms with Crippen molar-refractivity contribution in [1.82, 2.24) is 4.90 Å². The Kier molecular flexibility index (Phi) is 4.61. The minimum absolute atomic E-state index is 0.194. The third kappa shape index (κ3) is 3.24. The highest BCUT2D eigenvalue weighted by molar-refractivity contribution is 5.89. The van der Waals surface area contributed by atoms with Crippen molar-refractivity contribution in [2.45, 2.75) is 51.9 Å². The Morgan fingerprint density at radius 3 is 2.78 bits per heavy atom. The number of piperidine rings is 1. The number of nitrogens with zero attached hydrogens (tertiary/aromatic N) is 2. The molecule has 2 fully saturated rings. The molecule has 1 unspecified atom stereocenters. The molecular weight excluding hydrogens is 228 g/mol. The molecule has 0 bridgehead atoms. The predicted molar refractivity (Wildman–Crippen MR) is 70.8 cm³/mol. The monoisotopic (exact) mass is 252 g/mol. The Morgan fingerprint density at radius 2 is 2.17 bits per heavy atom. The van der Waals surface area contributed by atoms with Gasteiger partial charge < -0.3 is 10.1 Å². The number of carbonyl (C=O) groups is 1. The molecule has 1 saturated carbocycles. The largest absolute Gasteiger partial charge is 0.411 e. The number of rotatable bonds is 3. The van der Waals surface area contributed by atoms with Gasteiger partial charge in [-0.25, -0.2) is 0 Å². The summed E-state index contributed by atoms with van der Waals surface area (Å²) < 4.78 is 0. The van der Waals surface area contributed by atoms with Gasteiger partial charge in [-0.15, -0.1) is 0 Å². The van der Waals surface area contributed by atoms with Crippen LogP contribution in [0.4, 0.5) is 0 Å². The van der Waals surface area contributed by atoms with E-state index < -0.39 is 0 Å². The summed E-state index contributed by atoms with van der Waals surface area (Å²) in [6, 6.07) is 0. The lowest BCUT2D eigenvalue weighted by Gasteiger charge is -2.31. The van der Waals surface area contributed by atoms with Gasteiger partial charge in [-0.2, -0.15) is 0 Å². The van der Waals surface area contributed by atoms with Crippen molar-refractivity contribution in [2.24, 2.45) is 17.0 Å². The molecule has 102 valence electrons. The fourth-order valence-electron chi connectivity index (χ4n) is 3.18. The second kappa shape index (κ2) is 6.21. The normalized spacial score (nSPS) is 27.9. The van der Waals surface area contributed by atoms with Crippen molar-refractivity contribution < 1.29 is 10.0 Å². The molecule has 0 aromatic carbocycles. The first-order valence-corrected chi connectivity index (χ1v) is 7.19. The zero-order chi connectivity index (χ0) is 13.0. The van der Waals surface area contributed by atoms with E-state index in [1.807, 2.05) is 11.8 Å². The van der Waals surface area contributed by atoms with Crippen LogP contribution in [0, 0.1) is 11.8 Å². The van der Waals surface area contributed by atoms with Gasteiger partial charge in [-0.05, 0) is 12.3 Å². The van der Waals surface area contributed by atoms with E-state index in [0.29, 0.717) is 25.9 Å². The van der Waals surface area contributed by atoms with Gasteiger partial charge in [0.2, 0.25) is 5.91 Å². The average Bonchev–Trinajstić information content (AvgIpc) is 2.89. The van der Waals surface area contributed by atoms with E-state index in [0.717, 1.165) is 18.1 Å². The maximum Gasteiger partial charge on any atom is 0.222 e. The molecule has 1 heterocycles. The summed E-state index contributed by atoms with van der Waals surface area (Å²) >= 11 is 0. The predicted octanol–water partition coefficient (Wildman–Crippen LogP) is 2.66. The second-order valence-electron chi connectivity index (χ2n) is 5.77. The molecule has 0 aromatic heterocycles. The highest BCUT2D eigenvalue weighted by Crippen LogP contribution is 2.29. The lowest BCUT2D eigenvalue weighted by atomic mass is 9.96. The van der Waals surface area contributed by atoms with Crippen molar-refractivity contribution in [3.8, 4) is 0 Å². The number of likely N-dealkylation sites (tertiary alicyclic amines) is 1. The Hall–Kier alpha value is -1.06. The maximum atomic E-state index is 12.1. The van der Waals surface area contributed by atoms with E-state index in [4.69, 9.17) is 5.21 Å². The summed E-state index contributed by atoms with van der Waals surface area (Å²) in [5.74, 6) is 1.26. The third-order valence-corrected chi connectivity index (χ3v) is 4.42. The first-order valence-electron chi connectivity index (χ1n) is 7.19. The molecule has 1 aliphatic heterocycles. The molecule has 1 amide bonds. The zero-order valence-electron chi connectivity index (χ0n) is 11.3. The first-order chi connectivity index (χ1) is 8.70. The van der Waals surface area contributed by atoms with Gasteiger partial charge in [-0.3, -0.25) is 4.79 Å².